The van der Waals surface area contributed by atoms with Crippen molar-refractivity contribution in [3.63, 3.8) is 0 Å². The van der Waals surface area contributed by atoms with Crippen molar-refractivity contribution in [2.24, 2.45) is 4.99 Å². The van der Waals surface area contributed by atoms with E-state index in [1.165, 1.54) is 11.8 Å². The molecule has 8 nitrogen and oxygen atoms in total. The lowest BCUT2D eigenvalue weighted by atomic mass is 9.93. The molecule has 0 aliphatic carbocycles. The Labute approximate surface area is 234 Å². The summed E-state index contributed by atoms with van der Waals surface area (Å²) in [5.41, 5.74) is 2.83. The SMILES string of the molecule is COc1ccc(C2C(C(=O)OC(C)(C)C)=C(C)N=C3SC=C(CC(=O)NC(C)c4ccccc4)N32)cc1OC. The maximum absolute atomic E-state index is 13.6. The number of aliphatic imine (C=N–C) groups is 1. The van der Waals surface area contributed by atoms with Gasteiger partial charge in [-0.05, 0) is 63.3 Å². The predicted octanol–water partition coefficient (Wildman–Crippen LogP) is 5.89. The van der Waals surface area contributed by atoms with Crippen molar-refractivity contribution in [3.05, 3.63) is 82.0 Å². The fraction of sp³-hybridized carbons (Fsp3) is 0.367. The number of amides is 1. The van der Waals surface area contributed by atoms with Crippen molar-refractivity contribution in [2.75, 3.05) is 14.2 Å². The molecule has 4 rings (SSSR count). The quantitative estimate of drug-likeness (QED) is 0.411. The summed E-state index contributed by atoms with van der Waals surface area (Å²) >= 11 is 1.43. The van der Waals surface area contributed by atoms with Gasteiger partial charge in [-0.15, -0.1) is 0 Å². The molecule has 0 fully saturated rings. The van der Waals surface area contributed by atoms with E-state index in [2.05, 4.69) is 5.32 Å². The lowest BCUT2D eigenvalue weighted by Crippen LogP contribution is -2.39. The molecule has 0 saturated carbocycles. The number of ether oxygens (including phenoxy) is 3. The van der Waals surface area contributed by atoms with E-state index in [1.54, 1.807) is 14.2 Å². The Kier molecular flexibility index (Phi) is 8.39. The van der Waals surface area contributed by atoms with Gasteiger partial charge in [-0.25, -0.2) is 9.79 Å². The molecule has 2 aliphatic heterocycles. The molecular weight excluding hydrogens is 514 g/mol. The van der Waals surface area contributed by atoms with Crippen LogP contribution < -0.4 is 14.8 Å². The Morgan fingerprint density at radius 3 is 2.41 bits per heavy atom. The highest BCUT2D eigenvalue weighted by Crippen LogP contribution is 2.46. The fourth-order valence-electron chi connectivity index (χ4n) is 4.58. The third-order valence-electron chi connectivity index (χ3n) is 6.36. The number of methoxy groups -OCH3 is 2. The summed E-state index contributed by atoms with van der Waals surface area (Å²) in [7, 11) is 3.15. The zero-order valence-electron chi connectivity index (χ0n) is 23.4. The minimum absolute atomic E-state index is 0.119. The zero-order chi connectivity index (χ0) is 28.3. The largest absolute Gasteiger partial charge is 0.493 e. The topological polar surface area (TPSA) is 89.5 Å². The molecule has 0 spiro atoms. The van der Waals surface area contributed by atoms with Crippen molar-refractivity contribution in [3.8, 4) is 11.5 Å². The number of nitrogens with one attached hydrogen (secondary N) is 1. The number of hydrogen-bond acceptors (Lipinski definition) is 8. The van der Waals surface area contributed by atoms with E-state index in [1.807, 2.05) is 93.5 Å². The molecule has 0 bridgehead atoms. The van der Waals surface area contributed by atoms with Gasteiger partial charge in [0, 0.05) is 5.70 Å². The summed E-state index contributed by atoms with van der Waals surface area (Å²) in [6.45, 7) is 9.26. The number of allylic oxidation sites excluding steroid dienone is 1. The third kappa shape index (κ3) is 6.30. The summed E-state index contributed by atoms with van der Waals surface area (Å²) in [6, 6.07) is 14.6. The van der Waals surface area contributed by atoms with Crippen LogP contribution in [-0.2, 0) is 14.3 Å². The molecule has 2 aliphatic rings. The number of nitrogens with zero attached hydrogens (tertiary/aromatic N) is 2. The molecule has 2 aromatic carbocycles. The number of esters is 1. The average molecular weight is 550 g/mol. The van der Waals surface area contributed by atoms with Gasteiger partial charge in [0.1, 0.15) is 5.60 Å². The number of thioether (sulfide) groups is 1. The van der Waals surface area contributed by atoms with E-state index >= 15 is 0 Å². The minimum Gasteiger partial charge on any atom is -0.493 e. The maximum atomic E-state index is 13.6. The molecule has 0 aromatic heterocycles. The van der Waals surface area contributed by atoms with E-state index < -0.39 is 17.6 Å². The molecule has 1 N–H and O–H groups in total. The predicted molar refractivity (Wildman–Crippen MR) is 153 cm³/mol. The van der Waals surface area contributed by atoms with E-state index in [0.29, 0.717) is 27.9 Å². The summed E-state index contributed by atoms with van der Waals surface area (Å²) in [6.07, 6.45) is 0.119. The van der Waals surface area contributed by atoms with Crippen LogP contribution in [0.5, 0.6) is 11.5 Å². The van der Waals surface area contributed by atoms with Crippen LogP contribution in [-0.4, -0.2) is 41.8 Å². The van der Waals surface area contributed by atoms with Gasteiger partial charge in [-0.2, -0.15) is 0 Å². The highest BCUT2D eigenvalue weighted by molar-refractivity contribution is 8.16. The number of hydrogen-bond donors (Lipinski definition) is 1. The normalized spacial score (nSPS) is 17.6. The van der Waals surface area contributed by atoms with E-state index in [9.17, 15) is 9.59 Å². The van der Waals surface area contributed by atoms with Crippen molar-refractivity contribution >= 4 is 28.8 Å². The molecule has 206 valence electrons. The van der Waals surface area contributed by atoms with Crippen LogP contribution in [0.25, 0.3) is 0 Å². The van der Waals surface area contributed by atoms with Crippen LogP contribution in [0.1, 0.15) is 64.3 Å². The Morgan fingerprint density at radius 1 is 1.08 bits per heavy atom. The van der Waals surface area contributed by atoms with Crippen LogP contribution in [0.15, 0.2) is 75.9 Å². The Bertz CT molecular complexity index is 1340. The second-order valence-electron chi connectivity index (χ2n) is 10.4. The van der Waals surface area contributed by atoms with E-state index in [0.717, 1.165) is 16.8 Å². The first-order valence-electron chi connectivity index (χ1n) is 12.8. The number of benzene rings is 2. The maximum Gasteiger partial charge on any atom is 0.338 e. The van der Waals surface area contributed by atoms with Crippen molar-refractivity contribution in [2.45, 2.75) is 58.7 Å². The van der Waals surface area contributed by atoms with Crippen molar-refractivity contribution in [1.29, 1.82) is 0 Å². The van der Waals surface area contributed by atoms with Gasteiger partial charge in [0.15, 0.2) is 16.7 Å². The number of rotatable bonds is 8. The first kappa shape index (κ1) is 28.3. The highest BCUT2D eigenvalue weighted by atomic mass is 32.2. The van der Waals surface area contributed by atoms with E-state index in [-0.39, 0.29) is 18.4 Å². The van der Waals surface area contributed by atoms with E-state index in [4.69, 9.17) is 19.2 Å². The molecular formula is C30H35N3O5S. The Balaban J connectivity index is 1.70. The first-order valence-corrected chi connectivity index (χ1v) is 13.6. The van der Waals surface area contributed by atoms with Crippen molar-refractivity contribution in [1.82, 2.24) is 10.2 Å². The highest BCUT2D eigenvalue weighted by Gasteiger charge is 2.42. The number of amidine groups is 1. The molecule has 0 radical (unpaired) electrons. The van der Waals surface area contributed by atoms with Gasteiger partial charge in [-0.3, -0.25) is 4.79 Å². The van der Waals surface area contributed by atoms with Gasteiger partial charge in [0.2, 0.25) is 5.91 Å². The van der Waals surface area contributed by atoms with Crippen molar-refractivity contribution < 1.29 is 23.8 Å². The second-order valence-corrected chi connectivity index (χ2v) is 11.2. The number of carbonyl (C=O) groups is 2. The lowest BCUT2D eigenvalue weighted by molar-refractivity contribution is -0.150. The molecule has 2 aromatic rings. The third-order valence-corrected chi connectivity index (χ3v) is 7.25. The molecule has 2 atom stereocenters. The van der Waals surface area contributed by atoms with Gasteiger partial charge in [0.25, 0.3) is 0 Å². The average Bonchev–Trinajstić information content (AvgIpc) is 3.28. The molecule has 9 heteroatoms. The molecule has 0 saturated heterocycles. The van der Waals surface area contributed by atoms with Gasteiger partial charge < -0.3 is 24.4 Å². The molecule has 2 unspecified atom stereocenters. The standard InChI is InChI=1S/C30H35N3O5S/c1-18(20-11-9-8-10-12-20)31-25(34)16-22-17-39-29-32-19(2)26(28(35)38-30(3,4)5)27(33(22)29)21-13-14-23(36-6)24(15-21)37-7/h8-15,17-18,27H,16H2,1-7H3,(H,31,34). The Morgan fingerprint density at radius 2 is 1.77 bits per heavy atom. The second kappa shape index (κ2) is 11.6. The first-order chi connectivity index (χ1) is 18.5. The lowest BCUT2D eigenvalue weighted by Gasteiger charge is -2.37. The zero-order valence-corrected chi connectivity index (χ0v) is 24.2. The fourth-order valence-corrected chi connectivity index (χ4v) is 5.55. The van der Waals surface area contributed by atoms with Crippen LogP contribution in [0, 0.1) is 0 Å². The van der Waals surface area contributed by atoms with Crippen LogP contribution in [0.3, 0.4) is 0 Å². The molecule has 39 heavy (non-hydrogen) atoms. The van der Waals surface area contributed by atoms with Gasteiger partial charge in [0.05, 0.1) is 44.0 Å². The monoisotopic (exact) mass is 549 g/mol. The van der Waals surface area contributed by atoms with Gasteiger partial charge in [-0.1, -0.05) is 48.2 Å². The molecule has 1 amide bonds. The summed E-state index contributed by atoms with van der Waals surface area (Å²) in [4.78, 5) is 33.4. The molecule has 2 heterocycles. The van der Waals surface area contributed by atoms with Crippen LogP contribution in [0.4, 0.5) is 0 Å². The smallest absolute Gasteiger partial charge is 0.338 e. The minimum atomic E-state index is -0.692. The summed E-state index contributed by atoms with van der Waals surface area (Å²) in [5.74, 6) is 0.523. The summed E-state index contributed by atoms with van der Waals surface area (Å²) < 4.78 is 16.8. The number of fused-ring (bicyclic) bond motifs is 1. The Hall–Kier alpha value is -3.72. The van der Waals surface area contributed by atoms with Crippen LogP contribution >= 0.6 is 11.8 Å². The van der Waals surface area contributed by atoms with Gasteiger partial charge >= 0.3 is 5.97 Å². The van der Waals surface area contributed by atoms with Crippen LogP contribution in [0.2, 0.25) is 0 Å². The number of carbonyl (C=O) groups excluding carboxylic acids is 2. The summed E-state index contributed by atoms with van der Waals surface area (Å²) in [5, 5.41) is 5.70.